The largest absolute Gasteiger partial charge is 0.480 e. The van der Waals surface area contributed by atoms with Crippen molar-refractivity contribution in [3.8, 4) is 0 Å². The second-order valence-corrected chi connectivity index (χ2v) is 6.31. The van der Waals surface area contributed by atoms with Gasteiger partial charge in [-0.3, -0.25) is 4.79 Å². The van der Waals surface area contributed by atoms with Crippen LogP contribution in [0.15, 0.2) is 0 Å². The highest BCUT2D eigenvalue weighted by Crippen LogP contribution is 2.50. The van der Waals surface area contributed by atoms with E-state index in [0.29, 0.717) is 6.42 Å². The number of hydrogen-bond acceptors (Lipinski definition) is 4. The molecule has 18 heavy (non-hydrogen) atoms. The van der Waals surface area contributed by atoms with Crippen LogP contribution in [0.5, 0.6) is 0 Å². The van der Waals surface area contributed by atoms with Gasteiger partial charge in [-0.25, -0.2) is 0 Å². The van der Waals surface area contributed by atoms with E-state index in [1.165, 1.54) is 0 Å². The highest BCUT2D eigenvalue weighted by molar-refractivity contribution is 6.48. The van der Waals surface area contributed by atoms with Gasteiger partial charge in [0.15, 0.2) is 0 Å². The quantitative estimate of drug-likeness (QED) is 0.524. The number of rotatable bonds is 5. The highest BCUT2D eigenvalue weighted by Gasteiger charge is 2.58. The second-order valence-electron chi connectivity index (χ2n) is 6.31. The van der Waals surface area contributed by atoms with Crippen LogP contribution in [-0.4, -0.2) is 41.6 Å². The molecule has 0 aromatic rings. The Hall–Kier alpha value is -0.585. The predicted octanol–water partition coefficient (Wildman–Crippen LogP) is 0.162. The Labute approximate surface area is 108 Å². The van der Waals surface area contributed by atoms with Gasteiger partial charge < -0.3 is 21.2 Å². The first-order chi connectivity index (χ1) is 8.38. The first kappa shape index (κ1) is 13.8. The van der Waals surface area contributed by atoms with E-state index in [1.54, 1.807) is 6.82 Å². The molecule has 1 saturated carbocycles. The number of carboxylic acid groups (broad SMARTS) is 1. The number of hydrogen-bond donors (Lipinski definition) is 4. The van der Waals surface area contributed by atoms with Crippen molar-refractivity contribution in [2.75, 3.05) is 13.1 Å². The first-order valence-electron chi connectivity index (χ1n) is 6.79. The smallest absolute Gasteiger partial charge is 0.323 e. The average Bonchev–Trinajstić information content (AvgIpc) is 2.53. The van der Waals surface area contributed by atoms with Crippen LogP contribution in [0, 0.1) is 11.3 Å². The summed E-state index contributed by atoms with van der Waals surface area (Å²) in [4.78, 5) is 11.5. The molecule has 5 nitrogen and oxygen atoms in total. The van der Waals surface area contributed by atoms with Crippen LogP contribution in [0.4, 0.5) is 0 Å². The minimum Gasteiger partial charge on any atom is -0.480 e. The van der Waals surface area contributed by atoms with E-state index < -0.39 is 11.5 Å². The third kappa shape index (κ3) is 2.42. The Morgan fingerprint density at radius 1 is 1.56 bits per heavy atom. The Bertz CT molecular complexity index is 333. The lowest BCUT2D eigenvalue weighted by molar-refractivity contribution is -0.145. The third-order valence-electron chi connectivity index (χ3n) is 4.65. The van der Waals surface area contributed by atoms with Gasteiger partial charge in [-0.05, 0) is 36.9 Å². The van der Waals surface area contributed by atoms with Crippen LogP contribution in [0.2, 0.25) is 13.1 Å². The summed E-state index contributed by atoms with van der Waals surface area (Å²) in [6, 6.07) is 0. The average molecular weight is 254 g/mol. The number of nitrogens with two attached hydrogens (primary N) is 1. The summed E-state index contributed by atoms with van der Waals surface area (Å²) in [6.45, 7) is 3.24. The molecule has 2 aliphatic rings. The molecule has 1 aliphatic heterocycles. The van der Waals surface area contributed by atoms with Gasteiger partial charge in [-0.2, -0.15) is 0 Å². The van der Waals surface area contributed by atoms with Crippen LogP contribution in [0.1, 0.15) is 25.7 Å². The maximum Gasteiger partial charge on any atom is 0.323 e. The highest BCUT2D eigenvalue weighted by atomic mass is 16.4. The summed E-state index contributed by atoms with van der Waals surface area (Å²) >= 11 is 0. The zero-order valence-electron chi connectivity index (χ0n) is 11.0. The van der Waals surface area contributed by atoms with Gasteiger partial charge in [0.25, 0.3) is 6.92 Å². The summed E-state index contributed by atoms with van der Waals surface area (Å²) in [7, 11) is 0. The van der Waals surface area contributed by atoms with Gasteiger partial charge in [-0.15, -0.1) is 0 Å². The van der Waals surface area contributed by atoms with Crippen molar-refractivity contribution < 1.29 is 14.9 Å². The molecule has 0 radical (unpaired) electrons. The Morgan fingerprint density at radius 3 is 2.67 bits per heavy atom. The van der Waals surface area contributed by atoms with Crippen molar-refractivity contribution in [2.45, 2.75) is 44.4 Å². The zero-order valence-corrected chi connectivity index (χ0v) is 11.0. The molecule has 2 unspecified atom stereocenters. The summed E-state index contributed by atoms with van der Waals surface area (Å²) in [5, 5.41) is 21.9. The van der Waals surface area contributed by atoms with Gasteiger partial charge in [-0.1, -0.05) is 13.2 Å². The number of aliphatic carboxylic acids is 1. The lowest BCUT2D eigenvalue weighted by Crippen LogP contribution is -2.56. The lowest BCUT2D eigenvalue weighted by atomic mass is 9.66. The van der Waals surface area contributed by atoms with Crippen LogP contribution >= 0.6 is 0 Å². The van der Waals surface area contributed by atoms with E-state index in [-0.39, 0.29) is 18.2 Å². The van der Waals surface area contributed by atoms with Crippen molar-refractivity contribution in [1.82, 2.24) is 5.32 Å². The molecule has 0 amide bonds. The van der Waals surface area contributed by atoms with Gasteiger partial charge in [0, 0.05) is 13.1 Å². The van der Waals surface area contributed by atoms with Crippen molar-refractivity contribution in [3.63, 3.8) is 0 Å². The van der Waals surface area contributed by atoms with Gasteiger partial charge >= 0.3 is 5.97 Å². The normalized spacial score (nSPS) is 33.4. The topological polar surface area (TPSA) is 95.6 Å². The van der Waals surface area contributed by atoms with Crippen molar-refractivity contribution in [2.24, 2.45) is 17.1 Å². The fourth-order valence-electron chi connectivity index (χ4n) is 3.56. The van der Waals surface area contributed by atoms with Crippen LogP contribution in [0.25, 0.3) is 0 Å². The number of carboxylic acids is 1. The molecule has 1 heterocycles. The molecular weight excluding hydrogens is 231 g/mol. The van der Waals surface area contributed by atoms with Crippen molar-refractivity contribution >= 4 is 12.9 Å². The molecule has 6 heteroatoms. The molecule has 2 fully saturated rings. The SMILES string of the molecule is CB(O)CCCC1CC2(CNC2)CC1(N)C(=O)O. The van der Waals surface area contributed by atoms with E-state index in [4.69, 9.17) is 5.73 Å². The monoisotopic (exact) mass is 254 g/mol. The first-order valence-corrected chi connectivity index (χ1v) is 6.79. The van der Waals surface area contributed by atoms with E-state index in [9.17, 15) is 14.9 Å². The molecule has 0 aromatic heterocycles. The van der Waals surface area contributed by atoms with Gasteiger partial charge in [0.2, 0.25) is 0 Å². The molecule has 102 valence electrons. The van der Waals surface area contributed by atoms with Crippen molar-refractivity contribution in [3.05, 3.63) is 0 Å². The minimum atomic E-state index is -1.07. The third-order valence-corrected chi connectivity index (χ3v) is 4.65. The van der Waals surface area contributed by atoms with Crippen LogP contribution in [0.3, 0.4) is 0 Å². The van der Waals surface area contributed by atoms with E-state index in [2.05, 4.69) is 5.32 Å². The Morgan fingerprint density at radius 2 is 2.22 bits per heavy atom. The van der Waals surface area contributed by atoms with Gasteiger partial charge in [0.05, 0.1) is 0 Å². The van der Waals surface area contributed by atoms with Crippen molar-refractivity contribution in [1.29, 1.82) is 0 Å². The molecule has 5 N–H and O–H groups in total. The van der Waals surface area contributed by atoms with Crippen LogP contribution in [-0.2, 0) is 4.79 Å². The van der Waals surface area contributed by atoms with E-state index in [1.807, 2.05) is 0 Å². The second kappa shape index (κ2) is 4.83. The summed E-state index contributed by atoms with van der Waals surface area (Å²) in [5.41, 5.74) is 5.20. The summed E-state index contributed by atoms with van der Waals surface area (Å²) in [6.07, 6.45) is 3.86. The molecule has 2 atom stereocenters. The maximum atomic E-state index is 11.5. The molecule has 1 aliphatic carbocycles. The standard InChI is InChI=1S/C12H23BN2O3/c1-13(18)4-2-3-9-5-11(7-15-8-11)6-12(9,14)10(16)17/h9,15,18H,2-8,14H2,1H3,(H,16,17). The van der Waals surface area contributed by atoms with Gasteiger partial charge in [0.1, 0.15) is 5.54 Å². The predicted molar refractivity (Wildman–Crippen MR) is 70.5 cm³/mol. The van der Waals surface area contributed by atoms with E-state index >= 15 is 0 Å². The molecular formula is C12H23BN2O3. The van der Waals surface area contributed by atoms with E-state index in [0.717, 1.165) is 38.7 Å². The minimum absolute atomic E-state index is 0.0378. The number of carbonyl (C=O) groups is 1. The van der Waals surface area contributed by atoms with Crippen LogP contribution < -0.4 is 11.1 Å². The molecule has 0 aromatic carbocycles. The molecule has 0 bridgehead atoms. The molecule has 2 rings (SSSR count). The maximum absolute atomic E-state index is 11.5. The lowest BCUT2D eigenvalue weighted by Gasteiger charge is -2.40. The fraction of sp³-hybridized carbons (Fsp3) is 0.917. The summed E-state index contributed by atoms with van der Waals surface area (Å²) < 4.78 is 0. The Balaban J connectivity index is 1.99. The zero-order chi connectivity index (χ0) is 13.4. The number of nitrogens with one attached hydrogen (secondary N) is 1. The Kier molecular flexibility index (Phi) is 3.71. The summed E-state index contributed by atoms with van der Waals surface area (Å²) in [5.74, 6) is -0.829. The molecule has 1 saturated heterocycles. The molecule has 1 spiro atoms. The fourth-order valence-corrected chi connectivity index (χ4v) is 3.56.